The molecule has 23 heavy (non-hydrogen) atoms. The van der Waals surface area contributed by atoms with Crippen molar-refractivity contribution < 1.29 is 5.11 Å². The minimum Gasteiger partial charge on any atom is -0.507 e. The van der Waals surface area contributed by atoms with E-state index in [-0.39, 0.29) is 0 Å². The highest BCUT2D eigenvalue weighted by molar-refractivity contribution is 6.18. The Balaban J connectivity index is 2.03. The van der Waals surface area contributed by atoms with Crippen LogP contribution in [-0.4, -0.2) is 5.11 Å². The summed E-state index contributed by atoms with van der Waals surface area (Å²) >= 11 is 0. The number of phenolic OH excluding ortho intramolecular Hbond substituents is 1. The average Bonchev–Trinajstić information content (AvgIpc) is 2.60. The molecule has 0 aromatic heterocycles. The van der Waals surface area contributed by atoms with Gasteiger partial charge >= 0.3 is 0 Å². The molecule has 0 bridgehead atoms. The number of hydrogen-bond donors (Lipinski definition) is 1. The van der Waals surface area contributed by atoms with Gasteiger partial charge in [0.1, 0.15) is 5.75 Å². The van der Waals surface area contributed by atoms with Crippen molar-refractivity contribution in [2.45, 2.75) is 0 Å². The molecule has 5 aromatic carbocycles. The SMILES string of the molecule is Oc1cccc2ccc3cc4c(ccc5ccccc54)cc3c12. The molecular formula is C22H14O. The zero-order valence-corrected chi connectivity index (χ0v) is 12.5. The monoisotopic (exact) mass is 294 g/mol. The molecule has 0 unspecified atom stereocenters. The first-order valence-corrected chi connectivity index (χ1v) is 7.77. The molecule has 0 heterocycles. The van der Waals surface area contributed by atoms with E-state index in [2.05, 4.69) is 60.7 Å². The van der Waals surface area contributed by atoms with Crippen molar-refractivity contribution in [1.29, 1.82) is 0 Å². The van der Waals surface area contributed by atoms with Crippen LogP contribution in [0.3, 0.4) is 0 Å². The summed E-state index contributed by atoms with van der Waals surface area (Å²) in [5.74, 6) is 0.341. The summed E-state index contributed by atoms with van der Waals surface area (Å²) in [6.45, 7) is 0. The number of aromatic hydroxyl groups is 1. The van der Waals surface area contributed by atoms with Gasteiger partial charge in [-0.25, -0.2) is 0 Å². The molecule has 0 amide bonds. The van der Waals surface area contributed by atoms with E-state index in [0.29, 0.717) is 5.75 Å². The van der Waals surface area contributed by atoms with Crippen LogP contribution in [0.5, 0.6) is 5.75 Å². The molecule has 0 aliphatic heterocycles. The van der Waals surface area contributed by atoms with E-state index in [1.165, 1.54) is 21.5 Å². The van der Waals surface area contributed by atoms with Crippen LogP contribution in [0.15, 0.2) is 78.9 Å². The smallest absolute Gasteiger partial charge is 0.124 e. The van der Waals surface area contributed by atoms with Crippen LogP contribution in [0, 0.1) is 0 Å². The molecule has 0 atom stereocenters. The van der Waals surface area contributed by atoms with Crippen LogP contribution < -0.4 is 0 Å². The van der Waals surface area contributed by atoms with Crippen molar-refractivity contribution >= 4 is 43.1 Å². The molecule has 0 aliphatic rings. The lowest BCUT2D eigenvalue weighted by atomic mass is 9.95. The highest BCUT2D eigenvalue weighted by Crippen LogP contribution is 2.36. The number of hydrogen-bond acceptors (Lipinski definition) is 1. The largest absolute Gasteiger partial charge is 0.507 e. The van der Waals surface area contributed by atoms with Crippen molar-refractivity contribution in [3.63, 3.8) is 0 Å². The van der Waals surface area contributed by atoms with E-state index < -0.39 is 0 Å². The van der Waals surface area contributed by atoms with Gasteiger partial charge in [0.25, 0.3) is 0 Å². The Morgan fingerprint density at radius 1 is 0.478 bits per heavy atom. The Hall–Kier alpha value is -3.06. The summed E-state index contributed by atoms with van der Waals surface area (Å²) in [5, 5.41) is 19.5. The zero-order chi connectivity index (χ0) is 15.4. The first kappa shape index (κ1) is 12.5. The van der Waals surface area contributed by atoms with Gasteiger partial charge in [-0.2, -0.15) is 0 Å². The van der Waals surface area contributed by atoms with E-state index in [1.807, 2.05) is 12.1 Å². The van der Waals surface area contributed by atoms with Crippen molar-refractivity contribution in [2.24, 2.45) is 0 Å². The van der Waals surface area contributed by atoms with E-state index >= 15 is 0 Å². The Bertz CT molecular complexity index is 1220. The molecule has 0 fully saturated rings. The average molecular weight is 294 g/mol. The summed E-state index contributed by atoms with van der Waals surface area (Å²) in [7, 11) is 0. The predicted octanol–water partition coefficient (Wildman–Crippen LogP) is 6.01. The fourth-order valence-corrected chi connectivity index (χ4v) is 3.60. The quantitative estimate of drug-likeness (QED) is 0.274. The molecule has 0 saturated carbocycles. The number of rotatable bonds is 0. The van der Waals surface area contributed by atoms with E-state index in [0.717, 1.165) is 21.5 Å². The van der Waals surface area contributed by atoms with Gasteiger partial charge in [-0.1, -0.05) is 60.7 Å². The molecule has 0 saturated heterocycles. The van der Waals surface area contributed by atoms with E-state index in [1.54, 1.807) is 6.07 Å². The lowest BCUT2D eigenvalue weighted by Crippen LogP contribution is -1.82. The second-order valence-electron chi connectivity index (χ2n) is 6.02. The van der Waals surface area contributed by atoms with Gasteiger partial charge < -0.3 is 5.11 Å². The normalized spacial score (nSPS) is 11.7. The Morgan fingerprint density at radius 2 is 1.13 bits per heavy atom. The van der Waals surface area contributed by atoms with Gasteiger partial charge in [0.15, 0.2) is 0 Å². The maximum absolute atomic E-state index is 10.3. The van der Waals surface area contributed by atoms with Crippen LogP contribution in [0.2, 0.25) is 0 Å². The van der Waals surface area contributed by atoms with Crippen molar-refractivity contribution in [2.75, 3.05) is 0 Å². The van der Waals surface area contributed by atoms with Crippen LogP contribution in [0.4, 0.5) is 0 Å². The zero-order valence-electron chi connectivity index (χ0n) is 12.5. The van der Waals surface area contributed by atoms with Crippen molar-refractivity contribution in [3.05, 3.63) is 78.9 Å². The molecule has 1 heteroatoms. The minimum atomic E-state index is 0.341. The third-order valence-corrected chi connectivity index (χ3v) is 4.70. The first-order chi connectivity index (χ1) is 11.3. The fourth-order valence-electron chi connectivity index (χ4n) is 3.60. The summed E-state index contributed by atoms with van der Waals surface area (Å²) in [6.07, 6.45) is 0. The molecular weight excluding hydrogens is 280 g/mol. The topological polar surface area (TPSA) is 20.2 Å². The highest BCUT2D eigenvalue weighted by Gasteiger charge is 2.08. The van der Waals surface area contributed by atoms with Crippen molar-refractivity contribution in [1.82, 2.24) is 0 Å². The number of phenols is 1. The Labute approximate surface area is 133 Å². The van der Waals surface area contributed by atoms with Gasteiger partial charge in [0.05, 0.1) is 0 Å². The van der Waals surface area contributed by atoms with Gasteiger partial charge in [-0.15, -0.1) is 0 Å². The molecule has 0 spiro atoms. The lowest BCUT2D eigenvalue weighted by Gasteiger charge is -2.09. The molecule has 5 rings (SSSR count). The predicted molar refractivity (Wildman–Crippen MR) is 98.1 cm³/mol. The number of benzene rings is 5. The summed E-state index contributed by atoms with van der Waals surface area (Å²) in [6, 6.07) is 27.1. The molecule has 108 valence electrons. The second-order valence-corrected chi connectivity index (χ2v) is 6.02. The Kier molecular flexibility index (Phi) is 2.42. The summed E-state index contributed by atoms with van der Waals surface area (Å²) < 4.78 is 0. The summed E-state index contributed by atoms with van der Waals surface area (Å²) in [4.78, 5) is 0. The van der Waals surface area contributed by atoms with E-state index in [9.17, 15) is 5.11 Å². The molecule has 1 N–H and O–H groups in total. The molecule has 0 aliphatic carbocycles. The van der Waals surface area contributed by atoms with Crippen LogP contribution in [0.1, 0.15) is 0 Å². The second kappa shape index (κ2) is 4.47. The number of fused-ring (bicyclic) bond motifs is 6. The third-order valence-electron chi connectivity index (χ3n) is 4.70. The van der Waals surface area contributed by atoms with Gasteiger partial charge in [-0.05, 0) is 55.9 Å². The summed E-state index contributed by atoms with van der Waals surface area (Å²) in [5.41, 5.74) is 0. The highest BCUT2D eigenvalue weighted by atomic mass is 16.3. The van der Waals surface area contributed by atoms with Crippen LogP contribution >= 0.6 is 0 Å². The van der Waals surface area contributed by atoms with Gasteiger partial charge in [0, 0.05) is 5.39 Å². The maximum atomic E-state index is 10.3. The standard InChI is InChI=1S/C22H14O/c23-21-7-3-5-15-9-11-17-12-19-16(13-20(17)22(15)21)10-8-14-4-1-2-6-18(14)19/h1-13,23H. The van der Waals surface area contributed by atoms with Crippen LogP contribution in [0.25, 0.3) is 43.1 Å². The van der Waals surface area contributed by atoms with Gasteiger partial charge in [-0.3, -0.25) is 0 Å². The Morgan fingerprint density at radius 3 is 2.04 bits per heavy atom. The third kappa shape index (κ3) is 1.74. The van der Waals surface area contributed by atoms with Crippen LogP contribution in [-0.2, 0) is 0 Å². The fraction of sp³-hybridized carbons (Fsp3) is 0. The minimum absolute atomic E-state index is 0.341. The molecule has 1 nitrogen and oxygen atoms in total. The molecule has 0 radical (unpaired) electrons. The first-order valence-electron chi connectivity index (χ1n) is 7.77. The van der Waals surface area contributed by atoms with Crippen molar-refractivity contribution in [3.8, 4) is 5.75 Å². The maximum Gasteiger partial charge on any atom is 0.124 e. The van der Waals surface area contributed by atoms with E-state index in [4.69, 9.17) is 0 Å². The molecule has 5 aromatic rings. The van der Waals surface area contributed by atoms with Gasteiger partial charge in [0.2, 0.25) is 0 Å². The lowest BCUT2D eigenvalue weighted by molar-refractivity contribution is 0.482.